The van der Waals surface area contributed by atoms with Crippen molar-refractivity contribution in [2.45, 2.75) is 6.54 Å². The molecule has 0 aliphatic heterocycles. The van der Waals surface area contributed by atoms with Crippen molar-refractivity contribution in [3.05, 3.63) is 44.2 Å². The van der Waals surface area contributed by atoms with Crippen molar-refractivity contribution in [2.75, 3.05) is 0 Å². The number of halogens is 1. The minimum atomic E-state index is -0.0408. The second kappa shape index (κ2) is 4.02. The van der Waals surface area contributed by atoms with E-state index >= 15 is 0 Å². The van der Waals surface area contributed by atoms with Crippen molar-refractivity contribution < 1.29 is 0 Å². The molecule has 0 saturated heterocycles. The average molecular weight is 272 g/mol. The van der Waals surface area contributed by atoms with E-state index in [2.05, 4.69) is 25.5 Å². The van der Waals surface area contributed by atoms with Gasteiger partial charge in [0.15, 0.2) is 0 Å². The summed E-state index contributed by atoms with van der Waals surface area (Å²) < 4.78 is 5.91. The van der Waals surface area contributed by atoms with Crippen molar-refractivity contribution in [3.63, 3.8) is 0 Å². The summed E-state index contributed by atoms with van der Waals surface area (Å²) >= 11 is 4.49. The largest absolute Gasteiger partial charge is 0.309 e. The molecular formula is C8H6BrN3OS. The van der Waals surface area contributed by atoms with Crippen LogP contribution in [-0.4, -0.2) is 14.2 Å². The van der Waals surface area contributed by atoms with Gasteiger partial charge in [-0.05, 0) is 39.6 Å². The molecule has 72 valence electrons. The maximum absolute atomic E-state index is 11.6. The second-order valence-electron chi connectivity index (χ2n) is 2.67. The summed E-state index contributed by atoms with van der Waals surface area (Å²) in [5, 5.41) is 3.71. The first-order chi connectivity index (χ1) is 6.77. The maximum Gasteiger partial charge on any atom is 0.265 e. The van der Waals surface area contributed by atoms with Crippen LogP contribution in [0.4, 0.5) is 0 Å². The third kappa shape index (κ3) is 1.91. The Balaban J connectivity index is 2.34. The Kier molecular flexibility index (Phi) is 2.74. The summed E-state index contributed by atoms with van der Waals surface area (Å²) in [7, 11) is 0. The van der Waals surface area contributed by atoms with Crippen LogP contribution in [-0.2, 0) is 6.54 Å². The van der Waals surface area contributed by atoms with Crippen LogP contribution in [0.5, 0.6) is 0 Å². The van der Waals surface area contributed by atoms with Crippen LogP contribution < -0.4 is 5.56 Å². The third-order valence-electron chi connectivity index (χ3n) is 1.71. The normalized spacial score (nSPS) is 10.4. The van der Waals surface area contributed by atoms with Gasteiger partial charge in [-0.3, -0.25) is 4.79 Å². The predicted molar refractivity (Wildman–Crippen MR) is 57.4 cm³/mol. The van der Waals surface area contributed by atoms with E-state index in [1.54, 1.807) is 23.0 Å². The fourth-order valence-corrected chi connectivity index (χ4v) is 1.93. The zero-order chi connectivity index (χ0) is 9.97. The Morgan fingerprint density at radius 1 is 1.57 bits per heavy atom. The summed E-state index contributed by atoms with van der Waals surface area (Å²) in [5.41, 5.74) is -0.0408. The SMILES string of the molecule is O=c1c(Br)cccn1Cc1cnns1. The number of nitrogens with zero attached hydrogens (tertiary/aromatic N) is 3. The molecule has 2 rings (SSSR count). The van der Waals surface area contributed by atoms with E-state index in [-0.39, 0.29) is 5.56 Å². The first-order valence-corrected chi connectivity index (χ1v) is 5.45. The molecule has 0 saturated carbocycles. The Morgan fingerprint density at radius 2 is 2.43 bits per heavy atom. The Hall–Kier alpha value is -1.01. The summed E-state index contributed by atoms with van der Waals surface area (Å²) in [5.74, 6) is 0. The highest BCUT2D eigenvalue weighted by Gasteiger charge is 2.02. The number of hydrogen-bond donors (Lipinski definition) is 0. The maximum atomic E-state index is 11.6. The summed E-state index contributed by atoms with van der Waals surface area (Å²) in [4.78, 5) is 12.5. The lowest BCUT2D eigenvalue weighted by Crippen LogP contribution is -2.19. The zero-order valence-corrected chi connectivity index (χ0v) is 9.46. The van der Waals surface area contributed by atoms with E-state index in [1.165, 1.54) is 11.5 Å². The van der Waals surface area contributed by atoms with E-state index in [4.69, 9.17) is 0 Å². The molecule has 2 aromatic rings. The van der Waals surface area contributed by atoms with E-state index in [9.17, 15) is 4.79 Å². The average Bonchev–Trinajstić information content (AvgIpc) is 2.66. The van der Waals surface area contributed by atoms with Gasteiger partial charge in [0.05, 0.1) is 22.1 Å². The Bertz CT molecular complexity index is 480. The van der Waals surface area contributed by atoms with Gasteiger partial charge in [0.25, 0.3) is 5.56 Å². The van der Waals surface area contributed by atoms with Gasteiger partial charge in [0.1, 0.15) is 0 Å². The minimum Gasteiger partial charge on any atom is -0.309 e. The van der Waals surface area contributed by atoms with Gasteiger partial charge in [-0.2, -0.15) is 0 Å². The Morgan fingerprint density at radius 3 is 3.14 bits per heavy atom. The molecule has 0 N–H and O–H groups in total. The van der Waals surface area contributed by atoms with Gasteiger partial charge in [0, 0.05) is 6.20 Å². The van der Waals surface area contributed by atoms with Gasteiger partial charge in [0.2, 0.25) is 0 Å². The molecule has 0 aliphatic rings. The van der Waals surface area contributed by atoms with Gasteiger partial charge in [-0.25, -0.2) is 0 Å². The first kappa shape index (κ1) is 9.54. The van der Waals surface area contributed by atoms with Gasteiger partial charge < -0.3 is 4.57 Å². The monoisotopic (exact) mass is 271 g/mol. The Labute approximate surface area is 92.5 Å². The minimum absolute atomic E-state index is 0.0408. The molecule has 0 bridgehead atoms. The summed E-state index contributed by atoms with van der Waals surface area (Å²) in [6.07, 6.45) is 3.41. The highest BCUT2D eigenvalue weighted by Crippen LogP contribution is 2.05. The van der Waals surface area contributed by atoms with E-state index < -0.39 is 0 Å². The number of rotatable bonds is 2. The summed E-state index contributed by atoms with van der Waals surface area (Å²) in [6.45, 7) is 0.524. The predicted octanol–water partition coefficient (Wildman–Crippen LogP) is 1.51. The molecule has 6 heteroatoms. The van der Waals surface area contributed by atoms with Crippen LogP contribution in [0.1, 0.15) is 4.88 Å². The number of hydrogen-bond acceptors (Lipinski definition) is 4. The highest BCUT2D eigenvalue weighted by molar-refractivity contribution is 9.10. The third-order valence-corrected chi connectivity index (χ3v) is 2.96. The van der Waals surface area contributed by atoms with Crippen molar-refractivity contribution in [3.8, 4) is 0 Å². The van der Waals surface area contributed by atoms with Crippen LogP contribution in [0.25, 0.3) is 0 Å². The van der Waals surface area contributed by atoms with Gasteiger partial charge >= 0.3 is 0 Å². The van der Waals surface area contributed by atoms with Crippen LogP contribution in [0.3, 0.4) is 0 Å². The van der Waals surface area contributed by atoms with E-state index in [0.29, 0.717) is 11.0 Å². The standard InChI is InChI=1S/C8H6BrN3OS/c9-7-2-1-3-12(8(7)13)5-6-4-10-11-14-6/h1-4H,5H2. The number of pyridine rings is 1. The highest BCUT2D eigenvalue weighted by atomic mass is 79.9. The van der Waals surface area contributed by atoms with Crippen LogP contribution >= 0.6 is 27.5 Å². The molecule has 0 unspecified atom stereocenters. The van der Waals surface area contributed by atoms with E-state index in [1.807, 2.05) is 6.07 Å². The molecule has 4 nitrogen and oxygen atoms in total. The molecule has 0 spiro atoms. The summed E-state index contributed by atoms with van der Waals surface area (Å²) in [6, 6.07) is 3.55. The van der Waals surface area contributed by atoms with Crippen LogP contribution in [0, 0.1) is 0 Å². The fourth-order valence-electron chi connectivity index (χ4n) is 1.06. The molecule has 0 radical (unpaired) electrons. The van der Waals surface area contributed by atoms with Crippen molar-refractivity contribution >= 4 is 27.5 Å². The molecule has 0 fully saturated rings. The van der Waals surface area contributed by atoms with Crippen LogP contribution in [0.2, 0.25) is 0 Å². The zero-order valence-electron chi connectivity index (χ0n) is 7.05. The van der Waals surface area contributed by atoms with Gasteiger partial charge in [-0.15, -0.1) is 5.10 Å². The lowest BCUT2D eigenvalue weighted by Gasteiger charge is -2.02. The molecular weight excluding hydrogens is 266 g/mol. The first-order valence-electron chi connectivity index (χ1n) is 3.88. The molecule has 2 aromatic heterocycles. The quantitative estimate of drug-likeness (QED) is 0.832. The molecule has 14 heavy (non-hydrogen) atoms. The fraction of sp³-hybridized carbons (Fsp3) is 0.125. The van der Waals surface area contributed by atoms with E-state index in [0.717, 1.165) is 4.88 Å². The van der Waals surface area contributed by atoms with Crippen LogP contribution in [0.15, 0.2) is 33.8 Å². The topological polar surface area (TPSA) is 47.8 Å². The number of aromatic nitrogens is 3. The lowest BCUT2D eigenvalue weighted by molar-refractivity contribution is 0.764. The molecule has 0 amide bonds. The van der Waals surface area contributed by atoms with Gasteiger partial charge in [-0.1, -0.05) is 4.49 Å². The smallest absolute Gasteiger partial charge is 0.265 e. The van der Waals surface area contributed by atoms with Crippen molar-refractivity contribution in [2.24, 2.45) is 0 Å². The van der Waals surface area contributed by atoms with Crippen molar-refractivity contribution in [1.82, 2.24) is 14.2 Å². The molecule has 0 aliphatic carbocycles. The molecule has 2 heterocycles. The second-order valence-corrected chi connectivity index (χ2v) is 4.40. The molecule has 0 atom stereocenters. The lowest BCUT2D eigenvalue weighted by atomic mass is 10.4. The van der Waals surface area contributed by atoms with Crippen molar-refractivity contribution in [1.29, 1.82) is 0 Å². The molecule has 0 aromatic carbocycles.